The molecule has 1 fully saturated rings. The minimum atomic E-state index is -3.70. The maximum Gasteiger partial charge on any atom is 0.235 e. The van der Waals surface area contributed by atoms with Crippen molar-refractivity contribution < 1.29 is 22.7 Å². The average Bonchev–Trinajstić information content (AvgIpc) is 3.28. The lowest BCUT2D eigenvalue weighted by molar-refractivity contribution is -0.118. The van der Waals surface area contributed by atoms with Crippen molar-refractivity contribution in [2.45, 2.75) is 4.90 Å². The van der Waals surface area contributed by atoms with Gasteiger partial charge in [-0.2, -0.15) is 0 Å². The van der Waals surface area contributed by atoms with E-state index in [0.29, 0.717) is 29.6 Å². The first kappa shape index (κ1) is 25.5. The van der Waals surface area contributed by atoms with Crippen molar-refractivity contribution in [1.82, 2.24) is 15.2 Å². The fraction of sp³-hybridized carbons (Fsp3) is 0.391. The molecule has 2 heterocycles. The van der Waals surface area contributed by atoms with Crippen molar-refractivity contribution in [2.24, 2.45) is 0 Å². The number of fused-ring (bicyclic) bond motifs is 1. The Morgan fingerprint density at radius 1 is 1.09 bits per heavy atom. The number of rotatable bonds is 9. The molecule has 188 valence electrons. The van der Waals surface area contributed by atoms with Crippen molar-refractivity contribution in [3.63, 3.8) is 0 Å². The second-order valence-corrected chi connectivity index (χ2v) is 11.5. The van der Waals surface area contributed by atoms with Gasteiger partial charge < -0.3 is 19.7 Å². The van der Waals surface area contributed by atoms with Crippen LogP contribution in [0, 0.1) is 0 Å². The highest BCUT2D eigenvalue weighted by atomic mass is 35.5. The molecule has 0 saturated carbocycles. The SMILES string of the molecule is COc1ccc2sc(N3CCN(CCNC(=O)CS(=O)(=O)c4ccc(Cl)cc4)CC3)nc2c1OC. The largest absolute Gasteiger partial charge is 0.493 e. The van der Waals surface area contributed by atoms with Crippen LogP contribution in [0.4, 0.5) is 5.13 Å². The van der Waals surface area contributed by atoms with Crippen LogP contribution in [0.15, 0.2) is 41.3 Å². The number of anilines is 1. The summed E-state index contributed by atoms with van der Waals surface area (Å²) in [6, 6.07) is 9.67. The maximum absolute atomic E-state index is 12.4. The van der Waals surface area contributed by atoms with Crippen LogP contribution in [0.1, 0.15) is 0 Å². The first-order valence-electron chi connectivity index (χ1n) is 11.0. The van der Waals surface area contributed by atoms with Crippen LogP contribution >= 0.6 is 22.9 Å². The summed E-state index contributed by atoms with van der Waals surface area (Å²) in [7, 11) is -0.483. The Bertz CT molecular complexity index is 1290. The summed E-state index contributed by atoms with van der Waals surface area (Å²) in [5, 5.41) is 4.09. The lowest BCUT2D eigenvalue weighted by Crippen LogP contribution is -2.48. The topological polar surface area (TPSA) is 101 Å². The van der Waals surface area contributed by atoms with Crippen LogP contribution < -0.4 is 19.7 Å². The molecule has 3 aromatic rings. The van der Waals surface area contributed by atoms with Crippen LogP contribution in [-0.2, 0) is 14.6 Å². The lowest BCUT2D eigenvalue weighted by atomic mass is 10.3. The van der Waals surface area contributed by atoms with E-state index in [1.807, 2.05) is 12.1 Å². The quantitative estimate of drug-likeness (QED) is 0.444. The van der Waals surface area contributed by atoms with Gasteiger partial charge in [-0.1, -0.05) is 22.9 Å². The van der Waals surface area contributed by atoms with Gasteiger partial charge in [-0.3, -0.25) is 9.69 Å². The molecule has 35 heavy (non-hydrogen) atoms. The molecule has 1 aliphatic rings. The summed E-state index contributed by atoms with van der Waals surface area (Å²) < 4.78 is 36.7. The number of aromatic nitrogens is 1. The van der Waals surface area contributed by atoms with Gasteiger partial charge in [0.05, 0.1) is 23.8 Å². The third-order valence-corrected chi connectivity index (χ3v) is 8.74. The number of benzene rings is 2. The van der Waals surface area contributed by atoms with E-state index in [2.05, 4.69) is 15.1 Å². The molecule has 0 aliphatic carbocycles. The van der Waals surface area contributed by atoms with Gasteiger partial charge in [-0.05, 0) is 36.4 Å². The lowest BCUT2D eigenvalue weighted by Gasteiger charge is -2.34. The molecule has 1 aromatic heterocycles. The normalized spacial score (nSPS) is 14.8. The minimum absolute atomic E-state index is 0.0825. The number of nitrogens with one attached hydrogen (secondary N) is 1. The highest BCUT2D eigenvalue weighted by Gasteiger charge is 2.23. The highest BCUT2D eigenvalue weighted by molar-refractivity contribution is 7.92. The summed E-state index contributed by atoms with van der Waals surface area (Å²) in [5.74, 6) is 0.191. The van der Waals surface area contributed by atoms with E-state index < -0.39 is 21.5 Å². The molecule has 12 heteroatoms. The van der Waals surface area contributed by atoms with E-state index in [1.165, 1.54) is 24.3 Å². The molecule has 0 bridgehead atoms. The fourth-order valence-electron chi connectivity index (χ4n) is 3.90. The number of carbonyl (C=O) groups is 1. The Morgan fingerprint density at radius 3 is 2.46 bits per heavy atom. The number of thiazole rings is 1. The number of methoxy groups -OCH3 is 2. The Hall–Kier alpha value is -2.60. The van der Waals surface area contributed by atoms with E-state index in [9.17, 15) is 13.2 Å². The van der Waals surface area contributed by atoms with Crippen molar-refractivity contribution in [3.8, 4) is 11.5 Å². The molecule has 0 radical (unpaired) electrons. The number of carbonyl (C=O) groups excluding carboxylic acids is 1. The summed E-state index contributed by atoms with van der Waals surface area (Å²) in [5.41, 5.74) is 0.797. The average molecular weight is 539 g/mol. The Morgan fingerprint density at radius 2 is 1.80 bits per heavy atom. The van der Waals surface area contributed by atoms with Crippen LogP contribution in [0.25, 0.3) is 10.2 Å². The zero-order chi connectivity index (χ0) is 25.0. The number of halogens is 1. The third kappa shape index (κ3) is 5.97. The predicted molar refractivity (Wildman–Crippen MR) is 138 cm³/mol. The van der Waals surface area contributed by atoms with Gasteiger partial charge >= 0.3 is 0 Å². The molecule has 1 N–H and O–H groups in total. The smallest absolute Gasteiger partial charge is 0.235 e. The number of nitrogens with zero attached hydrogens (tertiary/aromatic N) is 3. The summed E-state index contributed by atoms with van der Waals surface area (Å²) in [6.07, 6.45) is 0. The zero-order valence-electron chi connectivity index (χ0n) is 19.5. The Balaban J connectivity index is 1.25. The van der Waals surface area contributed by atoms with Gasteiger partial charge in [0.15, 0.2) is 26.5 Å². The second-order valence-electron chi connectivity index (χ2n) is 8.04. The molecule has 1 amide bonds. The second kappa shape index (κ2) is 11.0. The summed E-state index contributed by atoms with van der Waals surface area (Å²) in [4.78, 5) is 21.5. The van der Waals surface area contributed by atoms with Gasteiger partial charge in [0, 0.05) is 44.3 Å². The Kier molecular flexibility index (Phi) is 8.00. The van der Waals surface area contributed by atoms with E-state index in [1.54, 1.807) is 25.6 Å². The first-order valence-corrected chi connectivity index (χ1v) is 13.9. The Labute approximate surface area is 213 Å². The summed E-state index contributed by atoms with van der Waals surface area (Å²) >= 11 is 7.42. The van der Waals surface area contributed by atoms with Crippen LogP contribution in [0.3, 0.4) is 0 Å². The van der Waals surface area contributed by atoms with E-state index >= 15 is 0 Å². The van der Waals surface area contributed by atoms with Crippen molar-refractivity contribution >= 4 is 54.0 Å². The van der Waals surface area contributed by atoms with Gasteiger partial charge in [0.1, 0.15) is 11.3 Å². The van der Waals surface area contributed by atoms with Gasteiger partial charge in [0.25, 0.3) is 0 Å². The molecular weight excluding hydrogens is 512 g/mol. The molecule has 0 spiro atoms. The van der Waals surface area contributed by atoms with E-state index in [-0.39, 0.29) is 4.90 Å². The minimum Gasteiger partial charge on any atom is -0.493 e. The van der Waals surface area contributed by atoms with Crippen LogP contribution in [0.2, 0.25) is 5.02 Å². The van der Waals surface area contributed by atoms with Crippen molar-refractivity contribution in [1.29, 1.82) is 0 Å². The third-order valence-electron chi connectivity index (χ3n) is 5.78. The van der Waals surface area contributed by atoms with E-state index in [4.69, 9.17) is 26.1 Å². The number of piperazine rings is 1. The molecule has 0 atom stereocenters. The monoisotopic (exact) mass is 538 g/mol. The molecule has 2 aromatic carbocycles. The molecular formula is C23H27ClN4O5S2. The molecule has 1 saturated heterocycles. The van der Waals surface area contributed by atoms with Crippen molar-refractivity contribution in [3.05, 3.63) is 41.4 Å². The fourth-order valence-corrected chi connectivity index (χ4v) is 6.21. The number of amides is 1. The first-order chi connectivity index (χ1) is 16.8. The standard InChI is InChI=1S/C23H27ClN4O5S2/c1-32-18-7-8-19-21(22(18)33-2)26-23(34-19)28-13-11-27(12-14-28)10-9-25-20(29)15-35(30,31)17-5-3-16(24)4-6-17/h3-8H,9-15H2,1-2H3,(H,25,29). The number of sulfone groups is 1. The maximum atomic E-state index is 12.4. The molecule has 0 unspecified atom stereocenters. The predicted octanol–water partition coefficient (Wildman–Crippen LogP) is 2.68. The number of hydrogen-bond acceptors (Lipinski definition) is 9. The molecule has 9 nitrogen and oxygen atoms in total. The van der Waals surface area contributed by atoms with Gasteiger partial charge in [0.2, 0.25) is 5.91 Å². The van der Waals surface area contributed by atoms with Gasteiger partial charge in [-0.25, -0.2) is 13.4 Å². The number of hydrogen-bond donors (Lipinski definition) is 1. The highest BCUT2D eigenvalue weighted by Crippen LogP contribution is 2.40. The van der Waals surface area contributed by atoms with E-state index in [0.717, 1.165) is 41.5 Å². The summed E-state index contributed by atoms with van der Waals surface area (Å²) in [6.45, 7) is 4.26. The van der Waals surface area contributed by atoms with Crippen LogP contribution in [0.5, 0.6) is 11.5 Å². The zero-order valence-corrected chi connectivity index (χ0v) is 21.9. The number of ether oxygens (including phenoxy) is 2. The molecule has 4 rings (SSSR count). The van der Waals surface area contributed by atoms with Crippen molar-refractivity contribution in [2.75, 3.05) is 64.1 Å². The molecule has 1 aliphatic heterocycles. The van der Waals surface area contributed by atoms with Gasteiger partial charge in [-0.15, -0.1) is 0 Å². The van der Waals surface area contributed by atoms with Crippen LogP contribution in [-0.4, -0.2) is 83.4 Å².